The highest BCUT2D eigenvalue weighted by Crippen LogP contribution is 2.27. The summed E-state index contributed by atoms with van der Waals surface area (Å²) in [6, 6.07) is 0. The van der Waals surface area contributed by atoms with E-state index in [4.69, 9.17) is 0 Å². The first-order valence-electron chi connectivity index (χ1n) is 27.5. The van der Waals surface area contributed by atoms with E-state index in [-0.39, 0.29) is 28.6 Å². The molecule has 0 aliphatic carbocycles. The van der Waals surface area contributed by atoms with Crippen molar-refractivity contribution in [3.63, 3.8) is 0 Å². The number of carbonyl (C=O) groups excluding carboxylic acids is 3. The van der Waals surface area contributed by atoms with Crippen molar-refractivity contribution in [2.75, 3.05) is 66.0 Å². The van der Waals surface area contributed by atoms with Crippen molar-refractivity contribution in [2.24, 2.45) is 22.7 Å². The lowest BCUT2D eigenvalue weighted by Gasteiger charge is -2.33. The fourth-order valence-corrected chi connectivity index (χ4v) is 9.59. The summed E-state index contributed by atoms with van der Waals surface area (Å²) in [6.07, 6.45) is 36.2. The van der Waals surface area contributed by atoms with Gasteiger partial charge in [0.1, 0.15) is 0 Å². The lowest BCUT2D eigenvalue weighted by molar-refractivity contribution is -0.133. The predicted molar refractivity (Wildman–Crippen MR) is 272 cm³/mol. The van der Waals surface area contributed by atoms with Gasteiger partial charge < -0.3 is 20.4 Å². The molecule has 1 saturated heterocycles. The van der Waals surface area contributed by atoms with E-state index in [1.807, 2.05) is 0 Å². The summed E-state index contributed by atoms with van der Waals surface area (Å²) in [5.74, 6) is 2.30. The number of hydrogen-bond acceptors (Lipinski definition) is 5. The maximum Gasteiger partial charge on any atom is 0.236 e. The molecule has 1 aliphatic heterocycles. The maximum absolute atomic E-state index is 13.7. The van der Waals surface area contributed by atoms with Gasteiger partial charge in [-0.1, -0.05) is 197 Å². The molecule has 63 heavy (non-hydrogen) atoms. The average molecular weight is 889 g/mol. The van der Waals surface area contributed by atoms with E-state index >= 15 is 0 Å². The Morgan fingerprint density at radius 1 is 0.476 bits per heavy atom. The molecule has 8 heteroatoms. The Morgan fingerprint density at radius 2 is 0.825 bits per heavy atom. The van der Waals surface area contributed by atoms with Gasteiger partial charge in [0.25, 0.3) is 0 Å². The van der Waals surface area contributed by atoms with Crippen LogP contribution in [-0.2, 0) is 14.4 Å². The summed E-state index contributed by atoms with van der Waals surface area (Å²) in [7, 11) is 2.16. The highest BCUT2D eigenvalue weighted by molar-refractivity contribution is 5.82. The zero-order chi connectivity index (χ0) is 46.6. The van der Waals surface area contributed by atoms with Crippen molar-refractivity contribution in [2.45, 2.75) is 248 Å². The largest absolute Gasteiger partial charge is 0.356 e. The third-order valence-corrected chi connectivity index (χ3v) is 14.5. The number of unbranched alkanes of at least 4 members (excludes halogenated alkanes) is 14. The van der Waals surface area contributed by atoms with Gasteiger partial charge in [0, 0.05) is 63.2 Å². The van der Waals surface area contributed by atoms with Crippen molar-refractivity contribution < 1.29 is 14.4 Å². The quantitative estimate of drug-likeness (QED) is 0.0597. The highest BCUT2D eigenvalue weighted by Gasteiger charge is 2.28. The Balaban J connectivity index is 2.47. The molecule has 0 radical (unpaired) electrons. The molecule has 0 aromatic carbocycles. The molecule has 0 saturated carbocycles. The Kier molecular flexibility index (Phi) is 35.3. The minimum Gasteiger partial charge on any atom is -0.356 e. The van der Waals surface area contributed by atoms with E-state index in [0.717, 1.165) is 141 Å². The van der Waals surface area contributed by atoms with Gasteiger partial charge in [-0.05, 0) is 70.3 Å². The average Bonchev–Trinajstić information content (AvgIpc) is 3.25. The Labute approximate surface area is 392 Å². The number of hydrogen-bond donors (Lipinski definition) is 2. The Morgan fingerprint density at radius 3 is 1.19 bits per heavy atom. The molecule has 1 heterocycles. The summed E-state index contributed by atoms with van der Waals surface area (Å²) in [5.41, 5.74) is -0.703. The van der Waals surface area contributed by atoms with Crippen LogP contribution < -0.4 is 10.6 Å². The molecule has 0 aromatic rings. The van der Waals surface area contributed by atoms with Crippen molar-refractivity contribution in [1.29, 1.82) is 0 Å². The SMILES string of the molecule is CCCCCC(CCCCC)CCCNC(=O)C(C)(C)CCCCCCN(CCCCCCC(C)(C)C(=O)NCCCC(CCCCC)CCCCC)C(=O)CN1CCN(C)CC1. The minimum atomic E-state index is -0.351. The fraction of sp³-hybridized carbons (Fsp3) is 0.945. The monoisotopic (exact) mass is 888 g/mol. The number of piperazine rings is 1. The third kappa shape index (κ3) is 30.3. The van der Waals surface area contributed by atoms with Gasteiger partial charge in [-0.25, -0.2) is 0 Å². The second kappa shape index (κ2) is 37.4. The summed E-state index contributed by atoms with van der Waals surface area (Å²) in [4.78, 5) is 46.9. The summed E-state index contributed by atoms with van der Waals surface area (Å²) in [6.45, 7) is 25.3. The second-order valence-electron chi connectivity index (χ2n) is 21.6. The molecule has 0 spiro atoms. The van der Waals surface area contributed by atoms with E-state index in [1.165, 1.54) is 116 Å². The lowest BCUT2D eigenvalue weighted by Crippen LogP contribution is -2.49. The molecule has 1 rings (SSSR count). The van der Waals surface area contributed by atoms with E-state index in [2.05, 4.69) is 87.8 Å². The molecule has 3 amide bonds. The standard InChI is InChI=1S/C55H109N5O3/c1-10-14-22-32-49(33-23-15-11-2)36-30-40-56-52(62)54(5,6)38-26-18-20-28-42-60(51(61)48-59-46-44-58(9)45-47-59)43-29-21-19-27-39-55(7,8)53(63)57-41-31-37-50(34-24-16-12-3)35-25-17-13-4/h49-50H,10-48H2,1-9H3,(H,56,62)(H,57,63). The van der Waals surface area contributed by atoms with Gasteiger partial charge in [0.15, 0.2) is 0 Å². The van der Waals surface area contributed by atoms with Crippen molar-refractivity contribution in [1.82, 2.24) is 25.3 Å². The molecule has 0 aromatic heterocycles. The zero-order valence-corrected chi connectivity index (χ0v) is 43.8. The predicted octanol–water partition coefficient (Wildman–Crippen LogP) is 13.4. The summed E-state index contributed by atoms with van der Waals surface area (Å²) >= 11 is 0. The fourth-order valence-electron chi connectivity index (χ4n) is 9.59. The van der Waals surface area contributed by atoms with Crippen LogP contribution in [0.1, 0.15) is 248 Å². The van der Waals surface area contributed by atoms with E-state index in [0.29, 0.717) is 6.54 Å². The van der Waals surface area contributed by atoms with Gasteiger partial charge in [-0.2, -0.15) is 0 Å². The molecule has 0 bridgehead atoms. The van der Waals surface area contributed by atoms with Crippen LogP contribution in [0.25, 0.3) is 0 Å². The molecule has 8 nitrogen and oxygen atoms in total. The van der Waals surface area contributed by atoms with Crippen LogP contribution in [0.5, 0.6) is 0 Å². The van der Waals surface area contributed by atoms with E-state index in [9.17, 15) is 14.4 Å². The maximum atomic E-state index is 13.7. The molecular formula is C55H109N5O3. The number of rotatable bonds is 42. The van der Waals surface area contributed by atoms with Gasteiger partial charge in [0.2, 0.25) is 17.7 Å². The Bertz CT molecular complexity index is 1030. The van der Waals surface area contributed by atoms with Crippen LogP contribution in [0, 0.1) is 22.7 Å². The van der Waals surface area contributed by atoms with Gasteiger partial charge in [-0.15, -0.1) is 0 Å². The number of likely N-dealkylation sites (N-methyl/N-ethyl adjacent to an activating group) is 1. The van der Waals surface area contributed by atoms with Crippen molar-refractivity contribution >= 4 is 17.7 Å². The first kappa shape index (κ1) is 59.3. The molecule has 1 aliphatic rings. The van der Waals surface area contributed by atoms with Crippen LogP contribution in [0.15, 0.2) is 0 Å². The topological polar surface area (TPSA) is 85.0 Å². The van der Waals surface area contributed by atoms with Crippen molar-refractivity contribution in [3.8, 4) is 0 Å². The highest BCUT2D eigenvalue weighted by atomic mass is 16.2. The smallest absolute Gasteiger partial charge is 0.236 e. The van der Waals surface area contributed by atoms with Crippen molar-refractivity contribution in [3.05, 3.63) is 0 Å². The third-order valence-electron chi connectivity index (χ3n) is 14.5. The van der Waals surface area contributed by atoms with Crippen LogP contribution in [0.3, 0.4) is 0 Å². The second-order valence-corrected chi connectivity index (χ2v) is 21.6. The molecular weight excluding hydrogens is 779 g/mol. The van der Waals surface area contributed by atoms with Gasteiger partial charge in [-0.3, -0.25) is 19.3 Å². The first-order valence-corrected chi connectivity index (χ1v) is 27.5. The zero-order valence-electron chi connectivity index (χ0n) is 43.8. The molecule has 372 valence electrons. The number of amides is 3. The van der Waals surface area contributed by atoms with Crippen LogP contribution >= 0.6 is 0 Å². The minimum absolute atomic E-state index is 0.202. The molecule has 0 unspecified atom stereocenters. The van der Waals surface area contributed by atoms with Crippen LogP contribution in [-0.4, -0.2) is 98.4 Å². The number of nitrogens with one attached hydrogen (secondary N) is 2. The summed E-state index contributed by atoms with van der Waals surface area (Å²) in [5, 5.41) is 6.58. The van der Waals surface area contributed by atoms with Gasteiger partial charge in [0.05, 0.1) is 6.54 Å². The number of nitrogens with zero attached hydrogens (tertiary/aromatic N) is 3. The van der Waals surface area contributed by atoms with Crippen LogP contribution in [0.4, 0.5) is 0 Å². The van der Waals surface area contributed by atoms with Gasteiger partial charge >= 0.3 is 0 Å². The first-order chi connectivity index (χ1) is 30.3. The normalized spacial score (nSPS) is 14.2. The van der Waals surface area contributed by atoms with E-state index < -0.39 is 0 Å². The molecule has 1 fully saturated rings. The Hall–Kier alpha value is -1.67. The molecule has 0 atom stereocenters. The van der Waals surface area contributed by atoms with E-state index in [1.54, 1.807) is 0 Å². The van der Waals surface area contributed by atoms with Crippen LogP contribution in [0.2, 0.25) is 0 Å². The summed E-state index contributed by atoms with van der Waals surface area (Å²) < 4.78 is 0. The molecule has 2 N–H and O–H groups in total. The lowest BCUT2D eigenvalue weighted by atomic mass is 9.85. The number of carbonyl (C=O) groups is 3.